The van der Waals surface area contributed by atoms with Gasteiger partial charge >= 0.3 is 0 Å². The van der Waals surface area contributed by atoms with Gasteiger partial charge in [0, 0.05) is 19.2 Å². The lowest BCUT2D eigenvalue weighted by Crippen LogP contribution is -2.26. The van der Waals surface area contributed by atoms with Crippen LogP contribution in [-0.2, 0) is 6.54 Å². The van der Waals surface area contributed by atoms with Crippen molar-refractivity contribution < 1.29 is 13.6 Å². The van der Waals surface area contributed by atoms with E-state index in [0.29, 0.717) is 10.0 Å². The SMILES string of the molecule is CN(Cc1cccc(F)c1)C(=O)c1ccc(Br)c(F)c1. The van der Waals surface area contributed by atoms with E-state index in [9.17, 15) is 13.6 Å². The summed E-state index contributed by atoms with van der Waals surface area (Å²) < 4.78 is 26.8. The average molecular weight is 340 g/mol. The van der Waals surface area contributed by atoms with Crippen molar-refractivity contribution >= 4 is 21.8 Å². The van der Waals surface area contributed by atoms with Crippen molar-refractivity contribution in [1.29, 1.82) is 0 Å². The Morgan fingerprint density at radius 2 is 1.95 bits per heavy atom. The summed E-state index contributed by atoms with van der Waals surface area (Å²) >= 11 is 3.04. The molecule has 0 saturated heterocycles. The van der Waals surface area contributed by atoms with E-state index < -0.39 is 5.82 Å². The molecule has 0 atom stereocenters. The molecule has 0 aliphatic rings. The summed E-state index contributed by atoms with van der Waals surface area (Å²) in [5, 5.41) is 0. The summed E-state index contributed by atoms with van der Waals surface area (Å²) in [6.07, 6.45) is 0. The molecule has 2 aromatic carbocycles. The second kappa shape index (κ2) is 6.13. The molecule has 0 fully saturated rings. The Morgan fingerprint density at radius 1 is 1.20 bits per heavy atom. The molecule has 20 heavy (non-hydrogen) atoms. The van der Waals surface area contributed by atoms with Gasteiger partial charge in [0.2, 0.25) is 0 Å². The van der Waals surface area contributed by atoms with Gasteiger partial charge in [-0.1, -0.05) is 12.1 Å². The molecule has 0 aliphatic carbocycles. The third-order valence-corrected chi connectivity index (χ3v) is 3.47. The van der Waals surface area contributed by atoms with Gasteiger partial charge in [-0.15, -0.1) is 0 Å². The zero-order chi connectivity index (χ0) is 14.7. The van der Waals surface area contributed by atoms with E-state index in [1.165, 1.54) is 35.2 Å². The van der Waals surface area contributed by atoms with Crippen LogP contribution in [0.5, 0.6) is 0 Å². The lowest BCUT2D eigenvalue weighted by Gasteiger charge is -2.17. The Bertz CT molecular complexity index is 646. The van der Waals surface area contributed by atoms with Gasteiger partial charge in [-0.25, -0.2) is 8.78 Å². The third kappa shape index (κ3) is 3.42. The molecule has 2 nitrogen and oxygen atoms in total. The van der Waals surface area contributed by atoms with Gasteiger partial charge in [-0.2, -0.15) is 0 Å². The summed E-state index contributed by atoms with van der Waals surface area (Å²) in [4.78, 5) is 13.6. The minimum absolute atomic E-state index is 0.254. The molecule has 104 valence electrons. The smallest absolute Gasteiger partial charge is 0.253 e. The topological polar surface area (TPSA) is 20.3 Å². The van der Waals surface area contributed by atoms with Crippen molar-refractivity contribution in [1.82, 2.24) is 4.90 Å². The van der Waals surface area contributed by atoms with Gasteiger partial charge in [-0.05, 0) is 51.8 Å². The van der Waals surface area contributed by atoms with Gasteiger partial charge in [0.25, 0.3) is 5.91 Å². The van der Waals surface area contributed by atoms with Crippen LogP contribution >= 0.6 is 15.9 Å². The Labute approximate surface area is 124 Å². The molecule has 0 saturated carbocycles. The number of carbonyl (C=O) groups excluding carboxylic acids is 1. The van der Waals surface area contributed by atoms with Gasteiger partial charge in [0.1, 0.15) is 11.6 Å². The first kappa shape index (κ1) is 14.7. The first-order chi connectivity index (χ1) is 9.47. The maximum atomic E-state index is 13.4. The second-order valence-corrected chi connectivity index (χ2v) is 5.27. The van der Waals surface area contributed by atoms with Crippen molar-refractivity contribution in [3.8, 4) is 0 Å². The fourth-order valence-electron chi connectivity index (χ4n) is 1.83. The highest BCUT2D eigenvalue weighted by Crippen LogP contribution is 2.18. The van der Waals surface area contributed by atoms with Crippen LogP contribution in [0.15, 0.2) is 46.9 Å². The number of hydrogen-bond acceptors (Lipinski definition) is 1. The fraction of sp³-hybridized carbons (Fsp3) is 0.133. The van der Waals surface area contributed by atoms with Crippen molar-refractivity contribution in [2.45, 2.75) is 6.54 Å². The molecule has 0 aromatic heterocycles. The highest BCUT2D eigenvalue weighted by molar-refractivity contribution is 9.10. The monoisotopic (exact) mass is 339 g/mol. The van der Waals surface area contributed by atoms with E-state index in [0.717, 1.165) is 0 Å². The summed E-state index contributed by atoms with van der Waals surface area (Å²) in [5.41, 5.74) is 0.933. The molecule has 0 spiro atoms. The van der Waals surface area contributed by atoms with Crippen LogP contribution < -0.4 is 0 Å². The Balaban J connectivity index is 2.14. The molecule has 0 heterocycles. The number of hydrogen-bond donors (Lipinski definition) is 0. The van der Waals surface area contributed by atoms with E-state index in [-0.39, 0.29) is 23.8 Å². The molecule has 0 unspecified atom stereocenters. The quantitative estimate of drug-likeness (QED) is 0.827. The zero-order valence-electron chi connectivity index (χ0n) is 10.7. The molecule has 1 amide bonds. The van der Waals surface area contributed by atoms with Gasteiger partial charge in [-0.3, -0.25) is 4.79 Å². The Morgan fingerprint density at radius 3 is 2.60 bits per heavy atom. The standard InChI is InChI=1S/C15H12BrF2NO/c1-19(9-10-3-2-4-12(17)7-10)15(20)11-5-6-13(16)14(18)8-11/h2-8H,9H2,1H3. The van der Waals surface area contributed by atoms with Crippen LogP contribution in [0.4, 0.5) is 8.78 Å². The van der Waals surface area contributed by atoms with E-state index in [1.807, 2.05) is 0 Å². The number of rotatable bonds is 3. The van der Waals surface area contributed by atoms with Crippen LogP contribution in [0.1, 0.15) is 15.9 Å². The molecule has 5 heteroatoms. The average Bonchev–Trinajstić information content (AvgIpc) is 2.41. The van der Waals surface area contributed by atoms with Gasteiger partial charge in [0.05, 0.1) is 4.47 Å². The van der Waals surface area contributed by atoms with E-state index in [1.54, 1.807) is 19.2 Å². The van der Waals surface area contributed by atoms with Crippen LogP contribution in [-0.4, -0.2) is 17.9 Å². The first-order valence-corrected chi connectivity index (χ1v) is 6.71. The molecule has 2 aromatic rings. The number of halogens is 3. The molecular weight excluding hydrogens is 328 g/mol. The molecular formula is C15H12BrF2NO. The molecule has 0 bridgehead atoms. The number of amides is 1. The van der Waals surface area contributed by atoms with Crippen molar-refractivity contribution in [2.24, 2.45) is 0 Å². The highest BCUT2D eigenvalue weighted by Gasteiger charge is 2.14. The maximum absolute atomic E-state index is 13.4. The summed E-state index contributed by atoms with van der Waals surface area (Å²) in [5.74, 6) is -1.16. The summed E-state index contributed by atoms with van der Waals surface area (Å²) in [7, 11) is 1.59. The van der Waals surface area contributed by atoms with Gasteiger partial charge < -0.3 is 4.90 Å². The molecule has 2 rings (SSSR count). The number of carbonyl (C=O) groups is 1. The second-order valence-electron chi connectivity index (χ2n) is 4.42. The van der Waals surface area contributed by atoms with E-state index >= 15 is 0 Å². The largest absolute Gasteiger partial charge is 0.337 e. The summed E-state index contributed by atoms with van der Waals surface area (Å²) in [6.45, 7) is 0.258. The van der Waals surface area contributed by atoms with Crippen LogP contribution in [0.3, 0.4) is 0 Å². The van der Waals surface area contributed by atoms with Crippen LogP contribution in [0.25, 0.3) is 0 Å². The number of benzene rings is 2. The number of nitrogens with zero attached hydrogens (tertiary/aromatic N) is 1. The maximum Gasteiger partial charge on any atom is 0.253 e. The first-order valence-electron chi connectivity index (χ1n) is 5.92. The van der Waals surface area contributed by atoms with Crippen LogP contribution in [0, 0.1) is 11.6 Å². The third-order valence-electron chi connectivity index (χ3n) is 2.82. The molecule has 0 N–H and O–H groups in total. The molecule has 0 aliphatic heterocycles. The zero-order valence-corrected chi connectivity index (χ0v) is 12.3. The van der Waals surface area contributed by atoms with Crippen molar-refractivity contribution in [3.63, 3.8) is 0 Å². The van der Waals surface area contributed by atoms with Crippen molar-refractivity contribution in [3.05, 3.63) is 69.7 Å². The fourth-order valence-corrected chi connectivity index (χ4v) is 2.08. The Kier molecular flexibility index (Phi) is 4.49. The lowest BCUT2D eigenvalue weighted by atomic mass is 10.1. The summed E-state index contributed by atoms with van der Waals surface area (Å²) in [6, 6.07) is 10.2. The Hall–Kier alpha value is -1.75. The lowest BCUT2D eigenvalue weighted by molar-refractivity contribution is 0.0784. The van der Waals surface area contributed by atoms with Crippen molar-refractivity contribution in [2.75, 3.05) is 7.05 Å². The normalized spacial score (nSPS) is 10.4. The minimum Gasteiger partial charge on any atom is -0.337 e. The van der Waals surface area contributed by atoms with Crippen LogP contribution in [0.2, 0.25) is 0 Å². The predicted molar refractivity (Wildman–Crippen MR) is 76.3 cm³/mol. The molecule has 0 radical (unpaired) electrons. The highest BCUT2D eigenvalue weighted by atomic mass is 79.9. The predicted octanol–water partition coefficient (Wildman–Crippen LogP) is 4.00. The minimum atomic E-state index is -0.491. The van der Waals surface area contributed by atoms with E-state index in [4.69, 9.17) is 0 Å². The van der Waals surface area contributed by atoms with E-state index in [2.05, 4.69) is 15.9 Å². The van der Waals surface area contributed by atoms with Gasteiger partial charge in [0.15, 0.2) is 0 Å².